The summed E-state index contributed by atoms with van der Waals surface area (Å²) in [7, 11) is 3.96. The van der Waals surface area contributed by atoms with E-state index in [9.17, 15) is 14.7 Å². The highest BCUT2D eigenvalue weighted by atomic mass is 16.4. The molecule has 0 aromatic rings. The molecule has 6 heteroatoms. The van der Waals surface area contributed by atoms with Gasteiger partial charge in [-0.25, -0.2) is 9.59 Å². The fourth-order valence-electron chi connectivity index (χ4n) is 2.64. The van der Waals surface area contributed by atoms with Crippen LogP contribution in [0.4, 0.5) is 4.79 Å². The maximum atomic E-state index is 12.3. The maximum Gasteiger partial charge on any atom is 0.326 e. The molecule has 0 radical (unpaired) electrons. The molecule has 1 heterocycles. The number of hydrogen-bond acceptors (Lipinski definition) is 3. The maximum absolute atomic E-state index is 12.3. The van der Waals surface area contributed by atoms with Gasteiger partial charge >= 0.3 is 12.0 Å². The molecule has 0 aromatic carbocycles. The predicted molar refractivity (Wildman–Crippen MR) is 77.7 cm³/mol. The molecule has 0 aliphatic carbocycles. The van der Waals surface area contributed by atoms with Gasteiger partial charge in [0.05, 0.1) is 0 Å². The van der Waals surface area contributed by atoms with E-state index in [1.165, 1.54) is 0 Å². The van der Waals surface area contributed by atoms with E-state index in [0.717, 1.165) is 19.4 Å². The lowest BCUT2D eigenvalue weighted by Crippen LogP contribution is -2.51. The highest BCUT2D eigenvalue weighted by Crippen LogP contribution is 2.18. The number of amides is 2. The highest BCUT2D eigenvalue weighted by molar-refractivity contribution is 5.82. The van der Waals surface area contributed by atoms with Gasteiger partial charge in [-0.1, -0.05) is 13.8 Å². The molecule has 0 aromatic heterocycles. The minimum atomic E-state index is -0.963. The van der Waals surface area contributed by atoms with Crippen LogP contribution in [0.5, 0.6) is 0 Å². The SMILES string of the molecule is CC(C)C[C@H](NC(=O)N1CCCC1CN(C)C)C(=O)O. The number of likely N-dealkylation sites (tertiary alicyclic amines) is 1. The predicted octanol–water partition coefficient (Wildman–Crippen LogP) is 1.22. The largest absolute Gasteiger partial charge is 0.480 e. The van der Waals surface area contributed by atoms with Gasteiger partial charge in [-0.15, -0.1) is 0 Å². The smallest absolute Gasteiger partial charge is 0.326 e. The second kappa shape index (κ2) is 7.47. The second-order valence-corrected chi connectivity index (χ2v) is 6.22. The van der Waals surface area contributed by atoms with Crippen LogP contribution in [-0.4, -0.2) is 66.2 Å². The lowest BCUT2D eigenvalue weighted by molar-refractivity contribution is -0.139. The van der Waals surface area contributed by atoms with Crippen molar-refractivity contribution in [3.63, 3.8) is 0 Å². The Morgan fingerprint density at radius 2 is 2.05 bits per heavy atom. The summed E-state index contributed by atoms with van der Waals surface area (Å²) in [6.45, 7) is 5.42. The topological polar surface area (TPSA) is 72.9 Å². The van der Waals surface area contributed by atoms with E-state index in [4.69, 9.17) is 0 Å². The summed E-state index contributed by atoms with van der Waals surface area (Å²) in [4.78, 5) is 27.3. The zero-order chi connectivity index (χ0) is 15.3. The summed E-state index contributed by atoms with van der Waals surface area (Å²) in [5, 5.41) is 11.8. The number of carbonyl (C=O) groups excluding carboxylic acids is 1. The normalized spacial score (nSPS) is 20.5. The molecule has 2 N–H and O–H groups in total. The van der Waals surface area contributed by atoms with Crippen LogP contribution in [-0.2, 0) is 4.79 Å². The molecule has 2 atom stereocenters. The zero-order valence-electron chi connectivity index (χ0n) is 12.9. The molecule has 1 aliphatic rings. The molecule has 0 saturated carbocycles. The van der Waals surface area contributed by atoms with Crippen LogP contribution in [0.1, 0.15) is 33.1 Å². The van der Waals surface area contributed by atoms with Gasteiger partial charge in [0.2, 0.25) is 0 Å². The fraction of sp³-hybridized carbons (Fsp3) is 0.857. The third-order valence-electron chi connectivity index (χ3n) is 3.52. The van der Waals surface area contributed by atoms with Crippen molar-refractivity contribution in [2.45, 2.75) is 45.2 Å². The molecule has 1 fully saturated rings. The van der Waals surface area contributed by atoms with Crippen LogP contribution < -0.4 is 5.32 Å². The number of nitrogens with one attached hydrogen (secondary N) is 1. The molecule has 20 heavy (non-hydrogen) atoms. The van der Waals surface area contributed by atoms with Crippen molar-refractivity contribution in [3.8, 4) is 0 Å². The Balaban J connectivity index is 2.61. The first-order chi connectivity index (χ1) is 9.31. The molecule has 2 amide bonds. The number of likely N-dealkylation sites (N-methyl/N-ethyl adjacent to an activating group) is 1. The zero-order valence-corrected chi connectivity index (χ0v) is 12.9. The lowest BCUT2D eigenvalue weighted by atomic mass is 10.0. The summed E-state index contributed by atoms with van der Waals surface area (Å²) in [6, 6.07) is -0.871. The Labute approximate surface area is 121 Å². The van der Waals surface area contributed by atoms with Crippen molar-refractivity contribution < 1.29 is 14.7 Å². The van der Waals surface area contributed by atoms with E-state index in [0.29, 0.717) is 13.0 Å². The number of rotatable bonds is 6. The van der Waals surface area contributed by atoms with Crippen LogP contribution in [0, 0.1) is 5.92 Å². The van der Waals surface area contributed by atoms with Gasteiger partial charge in [-0.2, -0.15) is 0 Å². The van der Waals surface area contributed by atoms with Crippen LogP contribution in [0.15, 0.2) is 0 Å². The van der Waals surface area contributed by atoms with Crippen LogP contribution >= 0.6 is 0 Å². The van der Waals surface area contributed by atoms with E-state index in [2.05, 4.69) is 10.2 Å². The number of aliphatic carboxylic acids is 1. The summed E-state index contributed by atoms with van der Waals surface area (Å²) < 4.78 is 0. The molecule has 0 bridgehead atoms. The van der Waals surface area contributed by atoms with E-state index in [1.54, 1.807) is 4.90 Å². The number of nitrogens with zero attached hydrogens (tertiary/aromatic N) is 2. The van der Waals surface area contributed by atoms with Gasteiger partial charge in [0, 0.05) is 19.1 Å². The van der Waals surface area contributed by atoms with Gasteiger partial charge in [0.15, 0.2) is 0 Å². The van der Waals surface area contributed by atoms with E-state index in [1.807, 2.05) is 27.9 Å². The molecule has 116 valence electrons. The van der Waals surface area contributed by atoms with Gasteiger partial charge < -0.3 is 20.2 Å². The first kappa shape index (κ1) is 16.8. The first-order valence-electron chi connectivity index (χ1n) is 7.26. The molecule has 6 nitrogen and oxygen atoms in total. The molecule has 1 rings (SSSR count). The Morgan fingerprint density at radius 1 is 1.40 bits per heavy atom. The molecular weight excluding hydrogens is 258 g/mol. The van der Waals surface area contributed by atoms with Crippen LogP contribution in [0.25, 0.3) is 0 Å². The van der Waals surface area contributed by atoms with Crippen LogP contribution in [0.3, 0.4) is 0 Å². The third kappa shape index (κ3) is 5.00. The molecular formula is C14H27N3O3. The molecule has 1 unspecified atom stereocenters. The average molecular weight is 285 g/mol. The van der Waals surface area contributed by atoms with Crippen molar-refractivity contribution >= 4 is 12.0 Å². The van der Waals surface area contributed by atoms with Crippen molar-refractivity contribution in [3.05, 3.63) is 0 Å². The number of carboxylic acids is 1. The molecule has 0 spiro atoms. The minimum absolute atomic E-state index is 0.179. The van der Waals surface area contributed by atoms with Crippen molar-refractivity contribution in [2.75, 3.05) is 27.2 Å². The summed E-state index contributed by atoms with van der Waals surface area (Å²) in [6.07, 6.45) is 2.41. The molecule has 1 saturated heterocycles. The van der Waals surface area contributed by atoms with E-state index in [-0.39, 0.29) is 18.0 Å². The quantitative estimate of drug-likeness (QED) is 0.769. The lowest BCUT2D eigenvalue weighted by Gasteiger charge is -2.29. The number of urea groups is 1. The monoisotopic (exact) mass is 285 g/mol. The van der Waals surface area contributed by atoms with Gasteiger partial charge in [-0.3, -0.25) is 0 Å². The number of carbonyl (C=O) groups is 2. The standard InChI is InChI=1S/C14H27N3O3/c1-10(2)8-12(13(18)19)15-14(20)17-7-5-6-11(17)9-16(3)4/h10-12H,5-9H2,1-4H3,(H,15,20)(H,18,19)/t11?,12-/m0/s1. The summed E-state index contributed by atoms with van der Waals surface area (Å²) >= 11 is 0. The van der Waals surface area contributed by atoms with Gasteiger partial charge in [0.25, 0.3) is 0 Å². The average Bonchev–Trinajstić information content (AvgIpc) is 2.74. The highest BCUT2D eigenvalue weighted by Gasteiger charge is 2.31. The number of hydrogen-bond donors (Lipinski definition) is 2. The summed E-state index contributed by atoms with van der Waals surface area (Å²) in [5.74, 6) is -0.733. The fourth-order valence-corrected chi connectivity index (χ4v) is 2.64. The van der Waals surface area contributed by atoms with Crippen molar-refractivity contribution in [1.82, 2.24) is 15.1 Å². The van der Waals surface area contributed by atoms with Crippen LogP contribution in [0.2, 0.25) is 0 Å². The second-order valence-electron chi connectivity index (χ2n) is 6.22. The Kier molecular flexibility index (Phi) is 6.26. The van der Waals surface area contributed by atoms with Gasteiger partial charge in [-0.05, 0) is 39.3 Å². The molecule has 1 aliphatic heterocycles. The Hall–Kier alpha value is -1.30. The Morgan fingerprint density at radius 3 is 2.55 bits per heavy atom. The van der Waals surface area contributed by atoms with E-state index < -0.39 is 12.0 Å². The van der Waals surface area contributed by atoms with E-state index >= 15 is 0 Å². The summed E-state index contributed by atoms with van der Waals surface area (Å²) in [5.41, 5.74) is 0. The van der Waals surface area contributed by atoms with Crippen molar-refractivity contribution in [1.29, 1.82) is 0 Å². The Bertz CT molecular complexity index is 345. The minimum Gasteiger partial charge on any atom is -0.480 e. The van der Waals surface area contributed by atoms with Crippen molar-refractivity contribution in [2.24, 2.45) is 5.92 Å². The number of carboxylic acid groups (broad SMARTS) is 1. The third-order valence-corrected chi connectivity index (χ3v) is 3.52. The first-order valence-corrected chi connectivity index (χ1v) is 7.26. The van der Waals surface area contributed by atoms with Gasteiger partial charge in [0.1, 0.15) is 6.04 Å².